The van der Waals surface area contributed by atoms with E-state index in [2.05, 4.69) is 15.5 Å². The summed E-state index contributed by atoms with van der Waals surface area (Å²) >= 11 is 0. The second-order valence-electron chi connectivity index (χ2n) is 6.28. The van der Waals surface area contributed by atoms with Crippen LogP contribution in [0.15, 0.2) is 34.9 Å². The van der Waals surface area contributed by atoms with Gasteiger partial charge in [0, 0.05) is 5.56 Å². The van der Waals surface area contributed by atoms with Crippen molar-refractivity contribution in [3.05, 3.63) is 36.2 Å². The highest BCUT2D eigenvalue weighted by Crippen LogP contribution is 2.29. The zero-order chi connectivity index (χ0) is 17.9. The molecule has 25 heavy (non-hydrogen) atoms. The molecular weight excluding hydrogens is 320 g/mol. The number of nitrogens with zero attached hydrogens (tertiary/aromatic N) is 3. The summed E-state index contributed by atoms with van der Waals surface area (Å²) in [5.41, 5.74) is 0.0177. The molecule has 7 nitrogen and oxygen atoms in total. The second-order valence-corrected chi connectivity index (χ2v) is 6.28. The van der Waals surface area contributed by atoms with Crippen LogP contribution in [0.2, 0.25) is 0 Å². The standard InChI is InChI=1S/C18H22N4O3/c1-3-10-18(11-4-2)16(23)22(17(24)20-18)12-14-19-15(21-25-14)13-8-6-5-7-9-13/h5-9H,3-4,10-12H2,1-2H3,(H,20,24). The fraction of sp³-hybridized carbons (Fsp3) is 0.444. The molecule has 0 atom stereocenters. The number of amides is 3. The number of hydrogen-bond donors (Lipinski definition) is 1. The maximum atomic E-state index is 12.9. The van der Waals surface area contributed by atoms with Gasteiger partial charge in [-0.2, -0.15) is 4.98 Å². The molecule has 3 rings (SSSR count). The van der Waals surface area contributed by atoms with Crippen molar-refractivity contribution in [2.75, 3.05) is 0 Å². The summed E-state index contributed by atoms with van der Waals surface area (Å²) in [6.07, 6.45) is 2.89. The van der Waals surface area contributed by atoms with E-state index in [-0.39, 0.29) is 18.3 Å². The first kappa shape index (κ1) is 17.1. The number of urea groups is 1. The smallest absolute Gasteiger partial charge is 0.325 e. The Morgan fingerprint density at radius 3 is 2.44 bits per heavy atom. The molecule has 7 heteroatoms. The monoisotopic (exact) mass is 342 g/mol. The van der Waals surface area contributed by atoms with Crippen molar-refractivity contribution in [2.45, 2.75) is 51.6 Å². The van der Waals surface area contributed by atoms with Crippen LogP contribution in [-0.2, 0) is 11.3 Å². The Bertz CT molecular complexity index is 751. The van der Waals surface area contributed by atoms with Crippen LogP contribution in [0.1, 0.15) is 45.4 Å². The summed E-state index contributed by atoms with van der Waals surface area (Å²) < 4.78 is 5.23. The fourth-order valence-electron chi connectivity index (χ4n) is 3.30. The second kappa shape index (κ2) is 7.04. The van der Waals surface area contributed by atoms with Gasteiger partial charge in [0.25, 0.3) is 5.91 Å². The molecule has 1 aliphatic rings. The van der Waals surface area contributed by atoms with Gasteiger partial charge in [0.1, 0.15) is 12.1 Å². The molecular formula is C18H22N4O3. The Kier molecular flexibility index (Phi) is 4.83. The molecule has 1 saturated heterocycles. The van der Waals surface area contributed by atoms with E-state index in [1.807, 2.05) is 44.2 Å². The van der Waals surface area contributed by atoms with Crippen LogP contribution in [-0.4, -0.2) is 32.5 Å². The summed E-state index contributed by atoms with van der Waals surface area (Å²) in [4.78, 5) is 30.7. The van der Waals surface area contributed by atoms with Crippen molar-refractivity contribution >= 4 is 11.9 Å². The lowest BCUT2D eigenvalue weighted by Crippen LogP contribution is -2.46. The Morgan fingerprint density at radius 2 is 1.80 bits per heavy atom. The van der Waals surface area contributed by atoms with E-state index >= 15 is 0 Å². The average molecular weight is 342 g/mol. The van der Waals surface area contributed by atoms with E-state index in [9.17, 15) is 9.59 Å². The van der Waals surface area contributed by atoms with Gasteiger partial charge in [-0.15, -0.1) is 0 Å². The van der Waals surface area contributed by atoms with Crippen LogP contribution in [0.3, 0.4) is 0 Å². The molecule has 0 aliphatic carbocycles. The largest absolute Gasteiger partial charge is 0.337 e. The quantitative estimate of drug-likeness (QED) is 0.781. The van der Waals surface area contributed by atoms with Gasteiger partial charge in [0.2, 0.25) is 11.7 Å². The minimum Gasteiger partial charge on any atom is -0.337 e. The van der Waals surface area contributed by atoms with E-state index in [4.69, 9.17) is 4.52 Å². The molecule has 2 aromatic rings. The molecule has 1 N–H and O–H groups in total. The van der Waals surface area contributed by atoms with E-state index in [1.165, 1.54) is 4.90 Å². The third kappa shape index (κ3) is 3.26. The van der Waals surface area contributed by atoms with Gasteiger partial charge in [-0.3, -0.25) is 9.69 Å². The SMILES string of the molecule is CCCC1(CCC)NC(=O)N(Cc2nc(-c3ccccc3)no2)C1=O. The number of hydrogen-bond acceptors (Lipinski definition) is 5. The highest BCUT2D eigenvalue weighted by Gasteiger charge is 2.50. The zero-order valence-electron chi connectivity index (χ0n) is 14.5. The van der Waals surface area contributed by atoms with Gasteiger partial charge in [0.05, 0.1) is 0 Å². The molecule has 1 aromatic carbocycles. The molecule has 0 unspecified atom stereocenters. The molecule has 1 fully saturated rings. The van der Waals surface area contributed by atoms with Crippen molar-refractivity contribution in [2.24, 2.45) is 0 Å². The maximum absolute atomic E-state index is 12.9. The van der Waals surface area contributed by atoms with Crippen LogP contribution in [0, 0.1) is 0 Å². The Hall–Kier alpha value is -2.70. The maximum Gasteiger partial charge on any atom is 0.325 e. The molecule has 0 bridgehead atoms. The first-order valence-electron chi connectivity index (χ1n) is 8.61. The molecule has 132 valence electrons. The third-order valence-corrected chi connectivity index (χ3v) is 4.39. The van der Waals surface area contributed by atoms with Gasteiger partial charge in [-0.1, -0.05) is 62.2 Å². The van der Waals surface area contributed by atoms with Crippen LogP contribution in [0.25, 0.3) is 11.4 Å². The molecule has 0 spiro atoms. The van der Waals surface area contributed by atoms with Crippen molar-refractivity contribution in [3.63, 3.8) is 0 Å². The minimum absolute atomic E-state index is 0.0142. The van der Waals surface area contributed by atoms with Gasteiger partial charge < -0.3 is 9.84 Å². The predicted molar refractivity (Wildman–Crippen MR) is 91.4 cm³/mol. The minimum atomic E-state index is -0.803. The number of imide groups is 1. The Balaban J connectivity index is 1.78. The molecule has 2 heterocycles. The summed E-state index contributed by atoms with van der Waals surface area (Å²) in [6, 6.07) is 9.01. The summed E-state index contributed by atoms with van der Waals surface area (Å²) in [6.45, 7) is 3.99. The topological polar surface area (TPSA) is 88.3 Å². The van der Waals surface area contributed by atoms with Gasteiger partial charge in [-0.05, 0) is 12.8 Å². The molecule has 1 aliphatic heterocycles. The Morgan fingerprint density at radius 1 is 1.12 bits per heavy atom. The van der Waals surface area contributed by atoms with E-state index in [0.717, 1.165) is 18.4 Å². The van der Waals surface area contributed by atoms with Crippen LogP contribution >= 0.6 is 0 Å². The van der Waals surface area contributed by atoms with Crippen molar-refractivity contribution in [1.82, 2.24) is 20.4 Å². The van der Waals surface area contributed by atoms with Crippen LogP contribution in [0.4, 0.5) is 4.79 Å². The molecule has 1 aromatic heterocycles. The van der Waals surface area contributed by atoms with E-state index in [0.29, 0.717) is 18.7 Å². The van der Waals surface area contributed by atoms with Crippen molar-refractivity contribution < 1.29 is 14.1 Å². The summed E-state index contributed by atoms with van der Waals surface area (Å²) in [5.74, 6) is 0.475. The first-order valence-corrected chi connectivity index (χ1v) is 8.61. The normalized spacial score (nSPS) is 16.3. The molecule has 0 saturated carbocycles. The number of rotatable bonds is 7. The summed E-state index contributed by atoms with van der Waals surface area (Å²) in [5, 5.41) is 6.81. The molecule has 3 amide bonds. The summed E-state index contributed by atoms with van der Waals surface area (Å²) in [7, 11) is 0. The zero-order valence-corrected chi connectivity index (χ0v) is 14.5. The van der Waals surface area contributed by atoms with Gasteiger partial charge >= 0.3 is 6.03 Å². The van der Waals surface area contributed by atoms with Gasteiger partial charge in [-0.25, -0.2) is 4.79 Å². The number of carbonyl (C=O) groups excluding carboxylic acids is 2. The van der Waals surface area contributed by atoms with Crippen LogP contribution in [0.5, 0.6) is 0 Å². The van der Waals surface area contributed by atoms with Crippen molar-refractivity contribution in [1.29, 1.82) is 0 Å². The first-order chi connectivity index (χ1) is 12.1. The molecule has 0 radical (unpaired) electrons. The van der Waals surface area contributed by atoms with Crippen molar-refractivity contribution in [3.8, 4) is 11.4 Å². The fourth-order valence-corrected chi connectivity index (χ4v) is 3.30. The number of aromatic nitrogens is 2. The highest BCUT2D eigenvalue weighted by molar-refractivity contribution is 6.06. The predicted octanol–water partition coefficient (Wildman–Crippen LogP) is 3.13. The lowest BCUT2D eigenvalue weighted by Gasteiger charge is -2.25. The third-order valence-electron chi connectivity index (χ3n) is 4.39. The van der Waals surface area contributed by atoms with E-state index < -0.39 is 11.6 Å². The lowest BCUT2D eigenvalue weighted by atomic mass is 9.88. The number of nitrogens with one attached hydrogen (secondary N) is 1. The number of benzene rings is 1. The Labute approximate surface area is 146 Å². The highest BCUT2D eigenvalue weighted by atomic mass is 16.5. The lowest BCUT2D eigenvalue weighted by molar-refractivity contribution is -0.132. The van der Waals surface area contributed by atoms with Crippen LogP contribution < -0.4 is 5.32 Å². The number of carbonyl (C=O) groups is 2. The van der Waals surface area contributed by atoms with E-state index in [1.54, 1.807) is 0 Å². The average Bonchev–Trinajstić information content (AvgIpc) is 3.16. The van der Waals surface area contributed by atoms with Gasteiger partial charge in [0.15, 0.2) is 0 Å².